The second-order valence-electron chi connectivity index (χ2n) is 4.79. The van der Waals surface area contributed by atoms with Crippen LogP contribution in [0.2, 0.25) is 0 Å². The number of ether oxygens (including phenoxy) is 1. The molecule has 1 atom stereocenters. The fraction of sp³-hybridized carbons (Fsp3) is 0.500. The van der Waals surface area contributed by atoms with Gasteiger partial charge in [-0.25, -0.2) is 10.3 Å². The van der Waals surface area contributed by atoms with Crippen LogP contribution in [0.15, 0.2) is 24.3 Å². The Labute approximate surface area is 113 Å². The van der Waals surface area contributed by atoms with Crippen LogP contribution in [0.1, 0.15) is 29.6 Å². The van der Waals surface area contributed by atoms with Gasteiger partial charge in [0.25, 0.3) is 5.91 Å². The number of nitrogens with one attached hydrogen (secondary N) is 1. The van der Waals surface area contributed by atoms with Crippen LogP contribution in [0.5, 0.6) is 0 Å². The molecule has 1 amide bonds. The van der Waals surface area contributed by atoms with Gasteiger partial charge in [0.05, 0.1) is 0 Å². The fourth-order valence-corrected chi connectivity index (χ4v) is 1.89. The highest BCUT2D eigenvalue weighted by molar-refractivity contribution is 5.93. The third-order valence-electron chi connectivity index (χ3n) is 3.07. The Morgan fingerprint density at radius 3 is 2.63 bits per heavy atom. The van der Waals surface area contributed by atoms with Gasteiger partial charge in [-0.15, -0.1) is 0 Å². The zero-order chi connectivity index (χ0) is 13.7. The van der Waals surface area contributed by atoms with Crippen LogP contribution < -0.4 is 10.4 Å². The highest BCUT2D eigenvalue weighted by Gasteiger charge is 2.16. The van der Waals surface area contributed by atoms with E-state index in [0.717, 1.165) is 24.9 Å². The summed E-state index contributed by atoms with van der Waals surface area (Å²) in [6, 6.07) is 7.34. The summed E-state index contributed by atoms with van der Waals surface area (Å²) in [4.78, 5) is 19.1. The van der Waals surface area contributed by atoms with Crippen LogP contribution in [-0.4, -0.2) is 32.9 Å². The summed E-state index contributed by atoms with van der Waals surface area (Å²) >= 11 is 0. The fourth-order valence-electron chi connectivity index (χ4n) is 1.89. The molecule has 1 saturated heterocycles. The maximum Gasteiger partial charge on any atom is 0.274 e. The van der Waals surface area contributed by atoms with Crippen molar-refractivity contribution in [2.24, 2.45) is 0 Å². The molecule has 0 saturated carbocycles. The molecule has 5 nitrogen and oxygen atoms in total. The first kappa shape index (κ1) is 13.8. The number of hydrogen-bond acceptors (Lipinski definition) is 4. The highest BCUT2D eigenvalue weighted by Crippen LogP contribution is 2.14. The van der Waals surface area contributed by atoms with Crippen LogP contribution in [0.3, 0.4) is 0 Å². The van der Waals surface area contributed by atoms with Gasteiger partial charge in [-0.1, -0.05) is 0 Å². The van der Waals surface area contributed by atoms with E-state index in [1.165, 1.54) is 0 Å². The minimum atomic E-state index is -0.321. The zero-order valence-electron chi connectivity index (χ0n) is 11.4. The van der Waals surface area contributed by atoms with E-state index in [1.54, 1.807) is 12.1 Å². The maximum atomic E-state index is 11.9. The van der Waals surface area contributed by atoms with Crippen molar-refractivity contribution in [2.45, 2.75) is 25.6 Å². The monoisotopic (exact) mass is 264 g/mol. The number of rotatable bonds is 4. The SMILES string of the molecule is CN(C)c1ccc(C(=O)NOC2CCCCO2)cc1. The van der Waals surface area contributed by atoms with Crippen LogP contribution >= 0.6 is 0 Å². The lowest BCUT2D eigenvalue weighted by atomic mass is 10.2. The Hall–Kier alpha value is -1.59. The Bertz CT molecular complexity index is 411. The van der Waals surface area contributed by atoms with Crippen molar-refractivity contribution in [3.8, 4) is 0 Å². The number of nitrogens with zero attached hydrogens (tertiary/aromatic N) is 1. The van der Waals surface area contributed by atoms with Crippen LogP contribution in [-0.2, 0) is 9.57 Å². The summed E-state index contributed by atoms with van der Waals surface area (Å²) in [6.07, 6.45) is 2.62. The Kier molecular flexibility index (Phi) is 4.76. The minimum Gasteiger partial charge on any atom is -0.378 e. The molecule has 2 rings (SSSR count). The number of carbonyl (C=O) groups is 1. The predicted octanol–water partition coefficient (Wildman–Crippen LogP) is 1.94. The first-order valence-electron chi connectivity index (χ1n) is 6.52. The van der Waals surface area contributed by atoms with Crippen molar-refractivity contribution in [1.82, 2.24) is 5.48 Å². The third-order valence-corrected chi connectivity index (χ3v) is 3.07. The molecule has 19 heavy (non-hydrogen) atoms. The van der Waals surface area contributed by atoms with Gasteiger partial charge in [-0.05, 0) is 37.1 Å². The standard InChI is InChI=1S/C14H20N2O3/c1-16(2)12-8-6-11(7-9-12)14(17)15-19-13-5-3-4-10-18-13/h6-9,13H,3-5,10H2,1-2H3,(H,15,17). The Balaban J connectivity index is 1.85. The summed E-state index contributed by atoms with van der Waals surface area (Å²) in [5, 5.41) is 0. The summed E-state index contributed by atoms with van der Waals surface area (Å²) < 4.78 is 5.37. The molecule has 1 aliphatic rings. The predicted molar refractivity (Wildman–Crippen MR) is 72.9 cm³/mol. The number of hydrogen-bond donors (Lipinski definition) is 1. The molecule has 1 fully saturated rings. The van der Waals surface area contributed by atoms with Crippen molar-refractivity contribution in [2.75, 3.05) is 25.6 Å². The van der Waals surface area contributed by atoms with Crippen molar-refractivity contribution >= 4 is 11.6 Å². The first-order chi connectivity index (χ1) is 9.16. The molecule has 0 radical (unpaired) electrons. The summed E-state index contributed by atoms with van der Waals surface area (Å²) in [7, 11) is 3.91. The lowest BCUT2D eigenvalue weighted by molar-refractivity contribution is -0.186. The van der Waals surface area contributed by atoms with Gasteiger partial charge in [0.15, 0.2) is 6.29 Å². The van der Waals surface area contributed by atoms with Gasteiger partial charge in [0.2, 0.25) is 0 Å². The zero-order valence-corrected chi connectivity index (χ0v) is 11.4. The van der Waals surface area contributed by atoms with Crippen LogP contribution in [0.4, 0.5) is 5.69 Å². The maximum absolute atomic E-state index is 11.9. The number of amides is 1. The minimum absolute atomic E-state index is 0.250. The molecule has 0 aliphatic carbocycles. The lowest BCUT2D eigenvalue weighted by Crippen LogP contribution is -2.33. The van der Waals surface area contributed by atoms with E-state index in [2.05, 4.69) is 5.48 Å². The molecule has 0 spiro atoms. The number of hydroxylamine groups is 1. The Morgan fingerprint density at radius 1 is 1.32 bits per heavy atom. The van der Waals surface area contributed by atoms with Gasteiger partial charge >= 0.3 is 0 Å². The summed E-state index contributed by atoms with van der Waals surface area (Å²) in [5.74, 6) is -0.250. The third kappa shape index (κ3) is 3.94. The average molecular weight is 264 g/mol. The second kappa shape index (κ2) is 6.54. The molecule has 5 heteroatoms. The molecule has 1 aliphatic heterocycles. The quantitative estimate of drug-likeness (QED) is 0.844. The van der Waals surface area contributed by atoms with Gasteiger partial charge in [-0.2, -0.15) is 0 Å². The highest BCUT2D eigenvalue weighted by atomic mass is 16.8. The average Bonchev–Trinajstić information content (AvgIpc) is 2.46. The van der Waals surface area contributed by atoms with Gasteiger partial charge < -0.3 is 9.64 Å². The van der Waals surface area contributed by atoms with Gasteiger partial charge in [0, 0.05) is 38.4 Å². The molecule has 1 aromatic rings. The molecule has 1 heterocycles. The molecular formula is C14H20N2O3. The Morgan fingerprint density at radius 2 is 2.05 bits per heavy atom. The van der Waals surface area contributed by atoms with E-state index in [1.807, 2.05) is 31.1 Å². The van der Waals surface area contributed by atoms with E-state index in [0.29, 0.717) is 12.2 Å². The lowest BCUT2D eigenvalue weighted by Gasteiger charge is -2.22. The van der Waals surface area contributed by atoms with Crippen LogP contribution in [0.25, 0.3) is 0 Å². The van der Waals surface area contributed by atoms with E-state index in [4.69, 9.17) is 9.57 Å². The topological polar surface area (TPSA) is 50.8 Å². The van der Waals surface area contributed by atoms with Crippen molar-refractivity contribution in [1.29, 1.82) is 0 Å². The van der Waals surface area contributed by atoms with E-state index < -0.39 is 0 Å². The second-order valence-corrected chi connectivity index (χ2v) is 4.79. The normalized spacial score (nSPS) is 18.9. The largest absolute Gasteiger partial charge is 0.378 e. The summed E-state index contributed by atoms with van der Waals surface area (Å²) in [5.41, 5.74) is 4.06. The van der Waals surface area contributed by atoms with E-state index in [9.17, 15) is 4.79 Å². The smallest absolute Gasteiger partial charge is 0.274 e. The molecule has 1 N–H and O–H groups in total. The van der Waals surface area contributed by atoms with Gasteiger partial charge in [0.1, 0.15) is 0 Å². The number of carbonyl (C=O) groups excluding carboxylic acids is 1. The number of anilines is 1. The van der Waals surface area contributed by atoms with Crippen LogP contribution in [0, 0.1) is 0 Å². The number of benzene rings is 1. The molecule has 104 valence electrons. The van der Waals surface area contributed by atoms with Crippen molar-refractivity contribution < 1.29 is 14.4 Å². The molecule has 1 aromatic carbocycles. The molecule has 0 aromatic heterocycles. The molecule has 0 bridgehead atoms. The summed E-state index contributed by atoms with van der Waals surface area (Å²) in [6.45, 7) is 0.693. The van der Waals surface area contributed by atoms with Crippen molar-refractivity contribution in [3.05, 3.63) is 29.8 Å². The van der Waals surface area contributed by atoms with Crippen molar-refractivity contribution in [3.63, 3.8) is 0 Å². The van der Waals surface area contributed by atoms with Gasteiger partial charge in [-0.3, -0.25) is 4.79 Å². The van der Waals surface area contributed by atoms with E-state index in [-0.39, 0.29) is 12.2 Å². The first-order valence-corrected chi connectivity index (χ1v) is 6.52. The van der Waals surface area contributed by atoms with E-state index >= 15 is 0 Å². The molecule has 1 unspecified atom stereocenters. The molecular weight excluding hydrogens is 244 g/mol.